The third-order valence-electron chi connectivity index (χ3n) is 3.08. The van der Waals surface area contributed by atoms with Gasteiger partial charge in [-0.25, -0.2) is 0 Å². The number of allylic oxidation sites excluding steroid dienone is 1. The van der Waals surface area contributed by atoms with Crippen LogP contribution in [0.3, 0.4) is 0 Å². The Morgan fingerprint density at radius 2 is 2.27 bits per heavy atom. The molecular formula is C15H18. The van der Waals surface area contributed by atoms with Gasteiger partial charge in [-0.1, -0.05) is 50.3 Å². The molecule has 0 aromatic heterocycles. The van der Waals surface area contributed by atoms with Gasteiger partial charge >= 0.3 is 0 Å². The molecule has 0 spiro atoms. The van der Waals surface area contributed by atoms with Gasteiger partial charge < -0.3 is 0 Å². The van der Waals surface area contributed by atoms with Gasteiger partial charge in [-0.2, -0.15) is 0 Å². The second-order valence-corrected chi connectivity index (χ2v) is 4.10. The molecule has 1 aliphatic rings. The van der Waals surface area contributed by atoms with Crippen LogP contribution in [-0.2, 0) is 12.8 Å². The Balaban J connectivity index is 2.54. The van der Waals surface area contributed by atoms with Crippen LogP contribution in [0.15, 0.2) is 24.8 Å². The van der Waals surface area contributed by atoms with E-state index in [2.05, 4.69) is 37.8 Å². The minimum atomic E-state index is 1.18. The fourth-order valence-corrected chi connectivity index (χ4v) is 2.36. The van der Waals surface area contributed by atoms with Gasteiger partial charge in [0.2, 0.25) is 0 Å². The molecule has 0 aliphatic heterocycles. The van der Waals surface area contributed by atoms with Crippen molar-refractivity contribution in [1.29, 1.82) is 0 Å². The Morgan fingerprint density at radius 3 is 3.00 bits per heavy atom. The van der Waals surface area contributed by atoms with Gasteiger partial charge in [0.1, 0.15) is 0 Å². The summed E-state index contributed by atoms with van der Waals surface area (Å²) in [6, 6.07) is 4.42. The van der Waals surface area contributed by atoms with Gasteiger partial charge in [-0.15, -0.1) is 0 Å². The summed E-state index contributed by atoms with van der Waals surface area (Å²) in [5.41, 5.74) is 5.81. The first kappa shape index (κ1) is 10.2. The first-order valence-corrected chi connectivity index (χ1v) is 5.80. The molecule has 15 heavy (non-hydrogen) atoms. The quantitative estimate of drug-likeness (QED) is 0.681. The molecule has 0 bridgehead atoms. The SMILES string of the molecule is C=Cc1ccc2c(c1CCC)CCC=C2. The van der Waals surface area contributed by atoms with Crippen LogP contribution in [0.2, 0.25) is 0 Å². The molecule has 1 aromatic rings. The molecule has 0 amide bonds. The first-order valence-electron chi connectivity index (χ1n) is 5.80. The third-order valence-corrected chi connectivity index (χ3v) is 3.08. The highest BCUT2D eigenvalue weighted by atomic mass is 14.2. The first-order chi connectivity index (χ1) is 7.36. The van der Waals surface area contributed by atoms with E-state index in [-0.39, 0.29) is 0 Å². The van der Waals surface area contributed by atoms with Crippen LogP contribution in [0, 0.1) is 0 Å². The molecule has 0 saturated carbocycles. The van der Waals surface area contributed by atoms with E-state index >= 15 is 0 Å². The van der Waals surface area contributed by atoms with Crippen LogP contribution in [0.5, 0.6) is 0 Å². The molecule has 1 aliphatic carbocycles. The predicted molar refractivity (Wildman–Crippen MR) is 67.9 cm³/mol. The Kier molecular flexibility index (Phi) is 3.05. The van der Waals surface area contributed by atoms with Gasteiger partial charge in [-0.3, -0.25) is 0 Å². The van der Waals surface area contributed by atoms with Gasteiger partial charge in [0, 0.05) is 0 Å². The summed E-state index contributed by atoms with van der Waals surface area (Å²) in [6.07, 6.45) is 11.3. The lowest BCUT2D eigenvalue weighted by Crippen LogP contribution is -2.02. The topological polar surface area (TPSA) is 0 Å². The second kappa shape index (κ2) is 4.48. The monoisotopic (exact) mass is 198 g/mol. The van der Waals surface area contributed by atoms with E-state index in [4.69, 9.17) is 0 Å². The molecule has 0 heteroatoms. The van der Waals surface area contributed by atoms with Crippen molar-refractivity contribution in [3.05, 3.63) is 47.0 Å². The predicted octanol–water partition coefficient (Wildman–Crippen LogP) is 4.24. The Labute approximate surface area is 92.3 Å². The van der Waals surface area contributed by atoms with Crippen molar-refractivity contribution in [2.75, 3.05) is 0 Å². The van der Waals surface area contributed by atoms with Crippen LogP contribution < -0.4 is 0 Å². The lowest BCUT2D eigenvalue weighted by Gasteiger charge is -2.17. The molecule has 0 fully saturated rings. The van der Waals surface area contributed by atoms with Crippen molar-refractivity contribution < 1.29 is 0 Å². The number of benzene rings is 1. The van der Waals surface area contributed by atoms with Crippen LogP contribution in [0.4, 0.5) is 0 Å². The van der Waals surface area contributed by atoms with Crippen LogP contribution in [-0.4, -0.2) is 0 Å². The summed E-state index contributed by atoms with van der Waals surface area (Å²) >= 11 is 0. The van der Waals surface area contributed by atoms with E-state index in [9.17, 15) is 0 Å². The lowest BCUT2D eigenvalue weighted by atomic mass is 9.87. The lowest BCUT2D eigenvalue weighted by molar-refractivity contribution is 0.875. The second-order valence-electron chi connectivity index (χ2n) is 4.10. The number of hydrogen-bond acceptors (Lipinski definition) is 0. The van der Waals surface area contributed by atoms with Gasteiger partial charge in [0.15, 0.2) is 0 Å². The van der Waals surface area contributed by atoms with Crippen LogP contribution in [0.25, 0.3) is 12.2 Å². The minimum Gasteiger partial charge on any atom is -0.0985 e. The normalized spacial score (nSPS) is 13.7. The molecule has 2 rings (SSSR count). The Hall–Kier alpha value is -1.30. The number of rotatable bonds is 3. The van der Waals surface area contributed by atoms with E-state index in [1.54, 1.807) is 5.56 Å². The molecule has 0 heterocycles. The van der Waals surface area contributed by atoms with Crippen molar-refractivity contribution in [3.8, 4) is 0 Å². The van der Waals surface area contributed by atoms with E-state index in [0.29, 0.717) is 0 Å². The highest BCUT2D eigenvalue weighted by molar-refractivity contribution is 5.64. The van der Waals surface area contributed by atoms with Crippen molar-refractivity contribution in [2.45, 2.75) is 32.6 Å². The molecule has 0 N–H and O–H groups in total. The number of fused-ring (bicyclic) bond motifs is 1. The van der Waals surface area contributed by atoms with Crippen molar-refractivity contribution in [1.82, 2.24) is 0 Å². The smallest absolute Gasteiger partial charge is 0.0224 e. The maximum atomic E-state index is 3.90. The maximum Gasteiger partial charge on any atom is -0.0224 e. The maximum absolute atomic E-state index is 3.90. The molecule has 0 radical (unpaired) electrons. The van der Waals surface area contributed by atoms with Crippen LogP contribution >= 0.6 is 0 Å². The van der Waals surface area contributed by atoms with Gasteiger partial charge in [0.25, 0.3) is 0 Å². The number of hydrogen-bond donors (Lipinski definition) is 0. The highest BCUT2D eigenvalue weighted by Crippen LogP contribution is 2.27. The highest BCUT2D eigenvalue weighted by Gasteiger charge is 2.11. The summed E-state index contributed by atoms with van der Waals surface area (Å²) in [5, 5.41) is 0. The average Bonchev–Trinajstić information content (AvgIpc) is 2.30. The summed E-state index contributed by atoms with van der Waals surface area (Å²) < 4.78 is 0. The third kappa shape index (κ3) is 1.90. The minimum absolute atomic E-state index is 1.18. The van der Waals surface area contributed by atoms with Crippen LogP contribution in [0.1, 0.15) is 42.0 Å². The summed E-state index contributed by atoms with van der Waals surface area (Å²) in [6.45, 7) is 6.15. The molecule has 1 aromatic carbocycles. The summed E-state index contributed by atoms with van der Waals surface area (Å²) in [7, 11) is 0. The molecule has 0 atom stereocenters. The fourth-order valence-electron chi connectivity index (χ4n) is 2.36. The zero-order valence-electron chi connectivity index (χ0n) is 9.42. The molecular weight excluding hydrogens is 180 g/mol. The standard InChI is InChI=1S/C15H18/c1-3-7-14-12(4-2)10-11-13-8-5-6-9-15(13)14/h4-5,8,10-11H,2-3,6-7,9H2,1H3. The Bertz CT molecular complexity index is 397. The van der Waals surface area contributed by atoms with Crippen molar-refractivity contribution in [3.63, 3.8) is 0 Å². The van der Waals surface area contributed by atoms with E-state index < -0.39 is 0 Å². The summed E-state index contributed by atoms with van der Waals surface area (Å²) in [5.74, 6) is 0. The van der Waals surface area contributed by atoms with E-state index in [0.717, 1.165) is 0 Å². The molecule has 78 valence electrons. The summed E-state index contributed by atoms with van der Waals surface area (Å²) in [4.78, 5) is 0. The van der Waals surface area contributed by atoms with E-state index in [1.807, 2.05) is 6.08 Å². The van der Waals surface area contributed by atoms with Crippen molar-refractivity contribution >= 4 is 12.2 Å². The fraction of sp³-hybridized carbons (Fsp3) is 0.333. The van der Waals surface area contributed by atoms with E-state index in [1.165, 1.54) is 42.4 Å². The molecule has 0 nitrogen and oxygen atoms in total. The van der Waals surface area contributed by atoms with Gasteiger partial charge in [0.05, 0.1) is 0 Å². The molecule has 0 saturated heterocycles. The Morgan fingerprint density at radius 1 is 1.40 bits per heavy atom. The largest absolute Gasteiger partial charge is 0.0985 e. The molecule has 0 unspecified atom stereocenters. The average molecular weight is 198 g/mol. The van der Waals surface area contributed by atoms with Gasteiger partial charge in [-0.05, 0) is 41.5 Å². The van der Waals surface area contributed by atoms with Crippen molar-refractivity contribution in [2.24, 2.45) is 0 Å². The zero-order chi connectivity index (χ0) is 10.7. The zero-order valence-corrected chi connectivity index (χ0v) is 9.42.